The molecule has 4 rings (SSSR count). The van der Waals surface area contributed by atoms with Crippen LogP contribution in [-0.4, -0.2) is 31.1 Å². The number of ether oxygens (including phenoxy) is 2. The third kappa shape index (κ3) is 4.08. The number of ketones is 1. The lowest BCUT2D eigenvalue weighted by atomic mass is 9.68. The third-order valence-corrected chi connectivity index (χ3v) is 6.29. The molecule has 1 aromatic rings. The fraction of sp³-hybridized carbons (Fsp3) is 0.520. The summed E-state index contributed by atoms with van der Waals surface area (Å²) >= 11 is 0. The van der Waals surface area contributed by atoms with Crippen LogP contribution in [0.4, 0.5) is 0 Å². The number of carbonyl (C=O) groups is 2. The van der Waals surface area contributed by atoms with Gasteiger partial charge >= 0.3 is 5.97 Å². The summed E-state index contributed by atoms with van der Waals surface area (Å²) in [4.78, 5) is 26.5. The van der Waals surface area contributed by atoms with Crippen LogP contribution in [0.3, 0.4) is 0 Å². The van der Waals surface area contributed by atoms with Crippen LogP contribution in [0.2, 0.25) is 0 Å². The van der Waals surface area contributed by atoms with Crippen LogP contribution in [0, 0.1) is 12.3 Å². The summed E-state index contributed by atoms with van der Waals surface area (Å²) in [5.74, 6) is -0.663. The van der Waals surface area contributed by atoms with Gasteiger partial charge in [0.05, 0.1) is 11.7 Å². The molecule has 0 spiro atoms. The van der Waals surface area contributed by atoms with Crippen LogP contribution < -0.4 is 5.32 Å². The summed E-state index contributed by atoms with van der Waals surface area (Å²) in [6.45, 7) is 9.13. The van der Waals surface area contributed by atoms with E-state index in [0.717, 1.165) is 48.4 Å². The van der Waals surface area contributed by atoms with Gasteiger partial charge in [0.2, 0.25) is 0 Å². The van der Waals surface area contributed by atoms with E-state index in [9.17, 15) is 9.59 Å². The number of rotatable bonds is 4. The number of nitrogens with one attached hydrogen (secondary N) is 1. The smallest absolute Gasteiger partial charge is 0.336 e. The Kier molecular flexibility index (Phi) is 5.58. The highest BCUT2D eigenvalue weighted by atomic mass is 16.6. The average Bonchev–Trinajstić information content (AvgIpc) is 3.18. The van der Waals surface area contributed by atoms with E-state index in [4.69, 9.17) is 9.47 Å². The average molecular weight is 410 g/mol. The van der Waals surface area contributed by atoms with E-state index in [-0.39, 0.29) is 29.9 Å². The van der Waals surface area contributed by atoms with Crippen LogP contribution in [0.1, 0.15) is 63.5 Å². The van der Waals surface area contributed by atoms with Gasteiger partial charge in [0, 0.05) is 35.9 Å². The standard InChI is InChI=1S/C25H31NO4/c1-15-7-9-17(10-8-15)22-21(24(28)30-14-18-6-5-11-29-18)16(2)26-19-12-25(3,4)13-20(27)23(19)22/h7-10,18,22,26H,5-6,11-14H2,1-4H3/t18-,22+/m0/s1. The Morgan fingerprint density at radius 3 is 2.60 bits per heavy atom. The van der Waals surface area contributed by atoms with Crippen molar-refractivity contribution in [3.63, 3.8) is 0 Å². The van der Waals surface area contributed by atoms with Gasteiger partial charge in [-0.25, -0.2) is 4.79 Å². The molecule has 5 heteroatoms. The van der Waals surface area contributed by atoms with Crippen molar-refractivity contribution in [2.45, 2.75) is 65.4 Å². The van der Waals surface area contributed by atoms with Crippen molar-refractivity contribution < 1.29 is 19.1 Å². The molecule has 1 aromatic carbocycles. The highest BCUT2D eigenvalue weighted by molar-refractivity contribution is 6.04. The van der Waals surface area contributed by atoms with Crippen molar-refractivity contribution in [1.82, 2.24) is 5.32 Å². The van der Waals surface area contributed by atoms with Gasteiger partial charge in [0.25, 0.3) is 0 Å². The van der Waals surface area contributed by atoms with Crippen LogP contribution in [0.5, 0.6) is 0 Å². The largest absolute Gasteiger partial charge is 0.459 e. The Morgan fingerprint density at radius 2 is 1.93 bits per heavy atom. The number of hydrogen-bond donors (Lipinski definition) is 1. The number of esters is 1. The maximum absolute atomic E-state index is 13.2. The Labute approximate surface area is 178 Å². The molecule has 0 radical (unpaired) electrons. The van der Waals surface area contributed by atoms with Crippen molar-refractivity contribution in [1.29, 1.82) is 0 Å². The topological polar surface area (TPSA) is 64.6 Å². The van der Waals surface area contributed by atoms with Crippen molar-refractivity contribution in [3.05, 3.63) is 57.9 Å². The third-order valence-electron chi connectivity index (χ3n) is 6.29. The summed E-state index contributed by atoms with van der Waals surface area (Å²) in [5.41, 5.74) is 4.94. The van der Waals surface area contributed by atoms with Gasteiger partial charge in [-0.05, 0) is 44.1 Å². The van der Waals surface area contributed by atoms with Crippen molar-refractivity contribution in [2.75, 3.05) is 13.2 Å². The lowest BCUT2D eigenvalue weighted by Crippen LogP contribution is -2.39. The fourth-order valence-electron chi connectivity index (χ4n) is 4.82. The van der Waals surface area contributed by atoms with Gasteiger partial charge < -0.3 is 14.8 Å². The number of benzene rings is 1. The predicted octanol–water partition coefficient (Wildman–Crippen LogP) is 4.32. The van der Waals surface area contributed by atoms with E-state index in [0.29, 0.717) is 17.6 Å². The first kappa shape index (κ1) is 20.9. The van der Waals surface area contributed by atoms with Crippen LogP contribution >= 0.6 is 0 Å². The van der Waals surface area contributed by atoms with Gasteiger partial charge in [-0.1, -0.05) is 43.7 Å². The molecule has 2 heterocycles. The summed E-state index contributed by atoms with van der Waals surface area (Å²) in [6.07, 6.45) is 3.14. The second kappa shape index (κ2) is 8.03. The highest BCUT2D eigenvalue weighted by Crippen LogP contribution is 2.46. The van der Waals surface area contributed by atoms with E-state index in [2.05, 4.69) is 19.2 Å². The van der Waals surface area contributed by atoms with Crippen molar-refractivity contribution in [2.24, 2.45) is 5.41 Å². The van der Waals surface area contributed by atoms with Gasteiger partial charge in [0.1, 0.15) is 6.61 Å². The molecule has 0 unspecified atom stereocenters. The van der Waals surface area contributed by atoms with Crippen LogP contribution in [0.15, 0.2) is 46.8 Å². The lowest BCUT2D eigenvalue weighted by Gasteiger charge is -2.39. The predicted molar refractivity (Wildman–Crippen MR) is 115 cm³/mol. The van der Waals surface area contributed by atoms with Crippen molar-refractivity contribution in [3.8, 4) is 0 Å². The normalized spacial score (nSPS) is 25.8. The number of aryl methyl sites for hydroxylation is 1. The van der Waals surface area contributed by atoms with E-state index < -0.39 is 5.92 Å². The zero-order valence-corrected chi connectivity index (χ0v) is 18.3. The maximum Gasteiger partial charge on any atom is 0.336 e. The van der Waals surface area contributed by atoms with E-state index in [1.54, 1.807) is 0 Å². The number of hydrogen-bond acceptors (Lipinski definition) is 5. The number of carbonyl (C=O) groups excluding carboxylic acids is 2. The molecule has 2 aliphatic heterocycles. The molecule has 1 N–H and O–H groups in total. The summed E-state index contributed by atoms with van der Waals surface area (Å²) in [7, 11) is 0. The molecular formula is C25H31NO4. The van der Waals surface area contributed by atoms with Crippen LogP contribution in [0.25, 0.3) is 0 Å². The minimum Gasteiger partial charge on any atom is -0.459 e. The van der Waals surface area contributed by atoms with E-state index >= 15 is 0 Å². The van der Waals surface area contributed by atoms with Gasteiger partial charge in [-0.3, -0.25) is 4.79 Å². The molecule has 1 aliphatic carbocycles. The Balaban J connectivity index is 1.71. The molecule has 3 aliphatic rings. The first-order valence-corrected chi connectivity index (χ1v) is 10.8. The number of dihydropyridines is 1. The second-order valence-electron chi connectivity index (χ2n) is 9.57. The van der Waals surface area contributed by atoms with Gasteiger partial charge in [-0.2, -0.15) is 0 Å². The molecule has 0 amide bonds. The minimum absolute atomic E-state index is 0.0314. The molecule has 0 aromatic heterocycles. The maximum atomic E-state index is 13.2. The molecule has 160 valence electrons. The Bertz CT molecular complexity index is 917. The second-order valence-corrected chi connectivity index (χ2v) is 9.57. The molecule has 2 atom stereocenters. The summed E-state index contributed by atoms with van der Waals surface area (Å²) in [5, 5.41) is 3.38. The quantitative estimate of drug-likeness (QED) is 0.750. The summed E-state index contributed by atoms with van der Waals surface area (Å²) < 4.78 is 11.3. The molecular weight excluding hydrogens is 378 g/mol. The van der Waals surface area contributed by atoms with E-state index in [1.165, 1.54) is 0 Å². The first-order chi connectivity index (χ1) is 14.2. The lowest BCUT2D eigenvalue weighted by molar-refractivity contribution is -0.142. The number of allylic oxidation sites excluding steroid dienone is 3. The Hall–Kier alpha value is -2.40. The Morgan fingerprint density at radius 1 is 1.20 bits per heavy atom. The first-order valence-electron chi connectivity index (χ1n) is 10.8. The monoisotopic (exact) mass is 409 g/mol. The van der Waals surface area contributed by atoms with Gasteiger partial charge in [0.15, 0.2) is 5.78 Å². The SMILES string of the molecule is CC1=C(C(=O)OC[C@@H]2CCCO2)[C@@H](c2ccc(C)cc2)C2=C(CC(C)(C)CC2=O)N1. The zero-order chi connectivity index (χ0) is 21.5. The molecule has 0 bridgehead atoms. The number of Topliss-reactive ketones (excluding diaryl/α,β-unsaturated/α-hetero) is 1. The molecule has 1 fully saturated rings. The fourth-order valence-corrected chi connectivity index (χ4v) is 4.82. The molecule has 1 saturated heterocycles. The summed E-state index contributed by atoms with van der Waals surface area (Å²) in [6, 6.07) is 8.09. The molecule has 0 saturated carbocycles. The van der Waals surface area contributed by atoms with Gasteiger partial charge in [-0.15, -0.1) is 0 Å². The van der Waals surface area contributed by atoms with Crippen molar-refractivity contribution >= 4 is 11.8 Å². The molecule has 5 nitrogen and oxygen atoms in total. The zero-order valence-electron chi connectivity index (χ0n) is 18.3. The molecule has 30 heavy (non-hydrogen) atoms. The van der Waals surface area contributed by atoms with Crippen LogP contribution in [-0.2, 0) is 19.1 Å². The van der Waals surface area contributed by atoms with E-state index in [1.807, 2.05) is 38.1 Å². The minimum atomic E-state index is -0.401. The highest BCUT2D eigenvalue weighted by Gasteiger charge is 2.43.